The zero-order valence-electron chi connectivity index (χ0n) is 14.3. The Labute approximate surface area is 143 Å². The monoisotopic (exact) mass is 324 g/mol. The van der Waals surface area contributed by atoms with Gasteiger partial charge >= 0.3 is 0 Å². The normalized spacial score (nSPS) is 16.3. The first-order valence-corrected chi connectivity index (χ1v) is 8.40. The molecule has 2 aromatic rings. The van der Waals surface area contributed by atoms with E-state index in [0.717, 1.165) is 37.2 Å². The maximum atomic E-state index is 11.2. The van der Waals surface area contributed by atoms with Crippen LogP contribution in [-0.4, -0.2) is 19.1 Å². The maximum absolute atomic E-state index is 11.2. The van der Waals surface area contributed by atoms with E-state index >= 15 is 0 Å². The first-order valence-electron chi connectivity index (χ1n) is 8.40. The molecular weight excluding hydrogens is 300 g/mol. The molecule has 24 heavy (non-hydrogen) atoms. The number of ether oxygens (including phenoxy) is 1. The van der Waals surface area contributed by atoms with E-state index in [1.165, 1.54) is 23.6 Å². The van der Waals surface area contributed by atoms with Crippen molar-refractivity contribution < 1.29 is 9.53 Å². The molecule has 0 saturated carbocycles. The van der Waals surface area contributed by atoms with E-state index in [1.54, 1.807) is 7.11 Å². The number of anilines is 1. The molecule has 1 amide bonds. The number of rotatable bonds is 5. The molecule has 0 unspecified atom stereocenters. The minimum Gasteiger partial charge on any atom is -0.497 e. The average molecular weight is 324 g/mol. The van der Waals surface area contributed by atoms with Crippen LogP contribution in [0.1, 0.15) is 30.0 Å². The van der Waals surface area contributed by atoms with Gasteiger partial charge < -0.3 is 15.4 Å². The largest absolute Gasteiger partial charge is 0.497 e. The third-order valence-electron chi connectivity index (χ3n) is 4.48. The van der Waals surface area contributed by atoms with Crippen LogP contribution in [0.15, 0.2) is 42.5 Å². The van der Waals surface area contributed by atoms with Crippen molar-refractivity contribution in [3.8, 4) is 5.75 Å². The molecule has 0 fully saturated rings. The first kappa shape index (κ1) is 16.5. The van der Waals surface area contributed by atoms with Crippen molar-refractivity contribution in [2.75, 3.05) is 12.4 Å². The summed E-state index contributed by atoms with van der Waals surface area (Å²) in [5.74, 6) is 0.885. The number of benzene rings is 2. The molecule has 0 saturated heterocycles. The Balaban J connectivity index is 1.60. The summed E-state index contributed by atoms with van der Waals surface area (Å²) in [6, 6.07) is 14.8. The Morgan fingerprint density at radius 2 is 2.08 bits per heavy atom. The lowest BCUT2D eigenvalue weighted by Gasteiger charge is -2.26. The quantitative estimate of drug-likeness (QED) is 0.887. The Morgan fingerprint density at radius 3 is 2.88 bits per heavy atom. The van der Waals surface area contributed by atoms with Crippen molar-refractivity contribution in [1.82, 2.24) is 5.32 Å². The van der Waals surface area contributed by atoms with Gasteiger partial charge in [0, 0.05) is 25.2 Å². The van der Waals surface area contributed by atoms with E-state index < -0.39 is 0 Å². The predicted molar refractivity (Wildman–Crippen MR) is 96.4 cm³/mol. The Hall–Kier alpha value is -2.33. The SMILES string of the molecule is COc1ccc2c(c1)C[C@@H](NCc1cccc(NC(C)=O)c1)CC2. The minimum atomic E-state index is -0.0436. The number of carbonyl (C=O) groups is 1. The van der Waals surface area contributed by atoms with E-state index in [9.17, 15) is 4.79 Å². The van der Waals surface area contributed by atoms with Gasteiger partial charge in [0.1, 0.15) is 5.75 Å². The van der Waals surface area contributed by atoms with Gasteiger partial charge in [-0.25, -0.2) is 0 Å². The standard InChI is InChI=1S/C20H24N2O2/c1-14(23)22-19-5-3-4-15(10-19)13-21-18-8-6-16-7-9-20(24-2)12-17(16)11-18/h3-5,7,9-10,12,18,21H,6,8,11,13H2,1-2H3,(H,22,23)/t18-/m0/s1. The average Bonchev–Trinajstić information content (AvgIpc) is 2.59. The second-order valence-corrected chi connectivity index (χ2v) is 6.34. The number of hydrogen-bond donors (Lipinski definition) is 2. The number of hydrogen-bond acceptors (Lipinski definition) is 3. The summed E-state index contributed by atoms with van der Waals surface area (Å²) in [5, 5.41) is 6.47. The highest BCUT2D eigenvalue weighted by Gasteiger charge is 2.18. The van der Waals surface area contributed by atoms with Gasteiger partial charge in [-0.1, -0.05) is 18.2 Å². The molecular formula is C20H24N2O2. The van der Waals surface area contributed by atoms with E-state index in [2.05, 4.69) is 28.8 Å². The van der Waals surface area contributed by atoms with Crippen LogP contribution in [0.5, 0.6) is 5.75 Å². The first-order chi connectivity index (χ1) is 11.6. The van der Waals surface area contributed by atoms with Gasteiger partial charge in [-0.15, -0.1) is 0 Å². The number of methoxy groups -OCH3 is 1. The van der Waals surface area contributed by atoms with Crippen LogP contribution >= 0.6 is 0 Å². The molecule has 1 aliphatic carbocycles. The number of carbonyl (C=O) groups excluding carboxylic acids is 1. The summed E-state index contributed by atoms with van der Waals surface area (Å²) >= 11 is 0. The fourth-order valence-corrected chi connectivity index (χ4v) is 3.26. The van der Waals surface area contributed by atoms with Gasteiger partial charge in [0.15, 0.2) is 0 Å². The molecule has 3 rings (SSSR count). The van der Waals surface area contributed by atoms with Gasteiger partial charge in [0.2, 0.25) is 5.91 Å². The molecule has 0 bridgehead atoms. The van der Waals surface area contributed by atoms with E-state index in [1.807, 2.05) is 24.3 Å². The highest BCUT2D eigenvalue weighted by Crippen LogP contribution is 2.25. The molecule has 0 aliphatic heterocycles. The third-order valence-corrected chi connectivity index (χ3v) is 4.48. The lowest BCUT2D eigenvalue weighted by molar-refractivity contribution is -0.114. The Bertz CT molecular complexity index is 727. The van der Waals surface area contributed by atoms with Crippen molar-refractivity contribution in [1.29, 1.82) is 0 Å². The molecule has 0 heterocycles. The van der Waals surface area contributed by atoms with Crippen molar-refractivity contribution in [3.05, 3.63) is 59.2 Å². The zero-order chi connectivity index (χ0) is 16.9. The van der Waals surface area contributed by atoms with Crippen LogP contribution in [0.4, 0.5) is 5.69 Å². The van der Waals surface area contributed by atoms with Gasteiger partial charge in [0.25, 0.3) is 0 Å². The van der Waals surface area contributed by atoms with Crippen molar-refractivity contribution in [2.24, 2.45) is 0 Å². The Kier molecular flexibility index (Phi) is 5.16. The predicted octanol–water partition coefficient (Wildman–Crippen LogP) is 3.30. The lowest BCUT2D eigenvalue weighted by atomic mass is 9.88. The van der Waals surface area contributed by atoms with Gasteiger partial charge in [-0.05, 0) is 60.2 Å². The lowest BCUT2D eigenvalue weighted by Crippen LogP contribution is -2.34. The fraction of sp³-hybridized carbons (Fsp3) is 0.350. The third kappa shape index (κ3) is 4.15. The molecule has 0 radical (unpaired) electrons. The number of fused-ring (bicyclic) bond motifs is 1. The van der Waals surface area contributed by atoms with Gasteiger partial charge in [-0.2, -0.15) is 0 Å². The van der Waals surface area contributed by atoms with E-state index in [0.29, 0.717) is 6.04 Å². The summed E-state index contributed by atoms with van der Waals surface area (Å²) in [5.41, 5.74) is 4.84. The van der Waals surface area contributed by atoms with Crippen molar-refractivity contribution in [3.63, 3.8) is 0 Å². The van der Waals surface area contributed by atoms with Gasteiger partial charge in [0.05, 0.1) is 7.11 Å². The smallest absolute Gasteiger partial charge is 0.221 e. The fourth-order valence-electron chi connectivity index (χ4n) is 3.26. The minimum absolute atomic E-state index is 0.0436. The molecule has 126 valence electrons. The van der Waals surface area contributed by atoms with Crippen molar-refractivity contribution in [2.45, 2.75) is 38.8 Å². The van der Waals surface area contributed by atoms with Crippen molar-refractivity contribution >= 4 is 11.6 Å². The maximum Gasteiger partial charge on any atom is 0.221 e. The van der Waals surface area contributed by atoms with Crippen LogP contribution in [0.3, 0.4) is 0 Å². The van der Waals surface area contributed by atoms with Crippen LogP contribution in [0.2, 0.25) is 0 Å². The summed E-state index contributed by atoms with van der Waals surface area (Å²) < 4.78 is 5.33. The number of aryl methyl sites for hydroxylation is 1. The summed E-state index contributed by atoms with van der Waals surface area (Å²) in [4.78, 5) is 11.2. The second kappa shape index (κ2) is 7.49. The molecule has 2 aromatic carbocycles. The molecule has 1 atom stereocenters. The topological polar surface area (TPSA) is 50.4 Å². The summed E-state index contributed by atoms with van der Waals surface area (Å²) in [6.07, 6.45) is 3.27. The van der Waals surface area contributed by atoms with Crippen LogP contribution < -0.4 is 15.4 Å². The summed E-state index contributed by atoms with van der Waals surface area (Å²) in [6.45, 7) is 2.33. The molecule has 0 spiro atoms. The highest BCUT2D eigenvalue weighted by molar-refractivity contribution is 5.88. The summed E-state index contributed by atoms with van der Waals surface area (Å²) in [7, 11) is 1.71. The zero-order valence-corrected chi connectivity index (χ0v) is 14.3. The van der Waals surface area contributed by atoms with Crippen LogP contribution in [0.25, 0.3) is 0 Å². The number of nitrogens with one attached hydrogen (secondary N) is 2. The van der Waals surface area contributed by atoms with Crippen LogP contribution in [-0.2, 0) is 24.2 Å². The van der Waals surface area contributed by atoms with Crippen LogP contribution in [0, 0.1) is 0 Å². The van der Waals surface area contributed by atoms with E-state index in [-0.39, 0.29) is 5.91 Å². The molecule has 4 nitrogen and oxygen atoms in total. The molecule has 4 heteroatoms. The Morgan fingerprint density at radius 1 is 1.21 bits per heavy atom. The van der Waals surface area contributed by atoms with E-state index in [4.69, 9.17) is 4.74 Å². The number of amides is 1. The molecule has 0 aromatic heterocycles. The highest BCUT2D eigenvalue weighted by atomic mass is 16.5. The second-order valence-electron chi connectivity index (χ2n) is 6.34. The molecule has 2 N–H and O–H groups in total. The molecule has 1 aliphatic rings. The van der Waals surface area contributed by atoms with Gasteiger partial charge in [-0.3, -0.25) is 4.79 Å².